The van der Waals surface area contributed by atoms with Crippen molar-refractivity contribution in [1.82, 2.24) is 19.9 Å². The number of carbonyl (C=O) groups is 1. The predicted octanol–water partition coefficient (Wildman–Crippen LogP) is 4.07. The first-order valence-corrected chi connectivity index (χ1v) is 8.71. The van der Waals surface area contributed by atoms with Crippen molar-refractivity contribution in [3.05, 3.63) is 90.9 Å². The van der Waals surface area contributed by atoms with E-state index in [2.05, 4.69) is 30.6 Å². The summed E-state index contributed by atoms with van der Waals surface area (Å²) < 4.78 is 13.6. The molecule has 1 aromatic carbocycles. The molecule has 0 radical (unpaired) electrons. The van der Waals surface area contributed by atoms with E-state index in [1.165, 1.54) is 12.3 Å². The predicted molar refractivity (Wildman–Crippen MR) is 107 cm³/mol. The molecular weight excluding hydrogens is 371 g/mol. The molecule has 0 bridgehead atoms. The van der Waals surface area contributed by atoms with Gasteiger partial charge in [-0.1, -0.05) is 18.2 Å². The van der Waals surface area contributed by atoms with E-state index in [9.17, 15) is 9.18 Å². The Morgan fingerprint density at radius 1 is 0.897 bits per heavy atom. The molecule has 3 heterocycles. The van der Waals surface area contributed by atoms with Gasteiger partial charge in [0.15, 0.2) is 0 Å². The second-order valence-corrected chi connectivity index (χ2v) is 6.03. The van der Waals surface area contributed by atoms with Gasteiger partial charge in [0.25, 0.3) is 5.91 Å². The van der Waals surface area contributed by atoms with Crippen LogP contribution in [0.4, 0.5) is 21.7 Å². The summed E-state index contributed by atoms with van der Waals surface area (Å²) in [6.07, 6.45) is 6.00. The maximum absolute atomic E-state index is 13.6. The molecular formula is C21H15FN6O. The van der Waals surface area contributed by atoms with E-state index in [-0.39, 0.29) is 5.91 Å². The van der Waals surface area contributed by atoms with Crippen molar-refractivity contribution in [2.75, 3.05) is 10.6 Å². The van der Waals surface area contributed by atoms with E-state index in [1.807, 2.05) is 6.07 Å². The number of benzene rings is 1. The molecule has 1 amide bonds. The summed E-state index contributed by atoms with van der Waals surface area (Å²) in [5.41, 5.74) is 2.00. The molecule has 3 aromatic heterocycles. The molecule has 29 heavy (non-hydrogen) atoms. The molecule has 0 fully saturated rings. The van der Waals surface area contributed by atoms with Gasteiger partial charge in [0.05, 0.1) is 11.9 Å². The Bertz CT molecular complexity index is 1140. The summed E-state index contributed by atoms with van der Waals surface area (Å²) in [7, 11) is 0. The SMILES string of the molecule is O=C(Nc1cc(Nc2cnccn2)nc(-c2ccnc(F)c2)c1)c1ccccc1. The van der Waals surface area contributed by atoms with Gasteiger partial charge in [0.2, 0.25) is 5.95 Å². The van der Waals surface area contributed by atoms with Crippen molar-refractivity contribution >= 4 is 23.2 Å². The number of amides is 1. The molecule has 7 nitrogen and oxygen atoms in total. The van der Waals surface area contributed by atoms with Gasteiger partial charge in [-0.3, -0.25) is 9.78 Å². The third-order valence-electron chi connectivity index (χ3n) is 3.96. The Morgan fingerprint density at radius 2 is 1.76 bits per heavy atom. The largest absolute Gasteiger partial charge is 0.324 e. The van der Waals surface area contributed by atoms with Crippen LogP contribution >= 0.6 is 0 Å². The van der Waals surface area contributed by atoms with Crippen molar-refractivity contribution in [2.24, 2.45) is 0 Å². The first-order chi connectivity index (χ1) is 14.2. The molecule has 2 N–H and O–H groups in total. The van der Waals surface area contributed by atoms with Crippen molar-refractivity contribution in [2.45, 2.75) is 0 Å². The van der Waals surface area contributed by atoms with Gasteiger partial charge in [-0.15, -0.1) is 0 Å². The van der Waals surface area contributed by atoms with Crippen LogP contribution in [0.1, 0.15) is 10.4 Å². The van der Waals surface area contributed by atoms with Crippen LogP contribution in [0, 0.1) is 5.95 Å². The zero-order chi connectivity index (χ0) is 20.1. The van der Waals surface area contributed by atoms with E-state index < -0.39 is 5.95 Å². The third-order valence-corrected chi connectivity index (χ3v) is 3.96. The fraction of sp³-hybridized carbons (Fsp3) is 0. The number of nitrogens with zero attached hydrogens (tertiary/aromatic N) is 4. The zero-order valence-electron chi connectivity index (χ0n) is 15.1. The van der Waals surface area contributed by atoms with Gasteiger partial charge >= 0.3 is 0 Å². The number of anilines is 3. The molecule has 8 heteroatoms. The minimum Gasteiger partial charge on any atom is -0.324 e. The monoisotopic (exact) mass is 386 g/mol. The Labute approximate surface area is 165 Å². The maximum atomic E-state index is 13.6. The second kappa shape index (κ2) is 8.22. The molecule has 4 aromatic rings. The number of nitrogens with one attached hydrogen (secondary N) is 2. The second-order valence-electron chi connectivity index (χ2n) is 6.03. The van der Waals surface area contributed by atoms with Crippen molar-refractivity contribution < 1.29 is 9.18 Å². The van der Waals surface area contributed by atoms with Crippen LogP contribution in [-0.4, -0.2) is 25.8 Å². The minimum absolute atomic E-state index is 0.269. The summed E-state index contributed by atoms with van der Waals surface area (Å²) in [6, 6.07) is 15.1. The van der Waals surface area contributed by atoms with Crippen LogP contribution in [0.2, 0.25) is 0 Å². The number of hydrogen-bond acceptors (Lipinski definition) is 6. The van der Waals surface area contributed by atoms with E-state index in [1.54, 1.807) is 61.1 Å². The van der Waals surface area contributed by atoms with Crippen LogP contribution in [0.15, 0.2) is 79.4 Å². The highest BCUT2D eigenvalue weighted by Crippen LogP contribution is 2.25. The van der Waals surface area contributed by atoms with Crippen molar-refractivity contribution in [1.29, 1.82) is 0 Å². The van der Waals surface area contributed by atoms with Crippen molar-refractivity contribution in [3.63, 3.8) is 0 Å². The van der Waals surface area contributed by atoms with E-state index in [0.29, 0.717) is 34.1 Å². The number of halogens is 1. The van der Waals surface area contributed by atoms with Gasteiger partial charge in [-0.05, 0) is 24.3 Å². The molecule has 0 unspecified atom stereocenters. The molecule has 4 rings (SSSR count). The number of hydrogen-bond donors (Lipinski definition) is 2. The molecule has 0 aliphatic heterocycles. The molecule has 0 spiro atoms. The minimum atomic E-state index is -0.619. The highest BCUT2D eigenvalue weighted by molar-refractivity contribution is 6.04. The van der Waals surface area contributed by atoms with Gasteiger partial charge in [0, 0.05) is 47.5 Å². The van der Waals surface area contributed by atoms with Crippen molar-refractivity contribution in [3.8, 4) is 11.3 Å². The molecule has 0 saturated carbocycles. The normalized spacial score (nSPS) is 10.4. The molecule has 0 aliphatic carbocycles. The van der Waals surface area contributed by atoms with E-state index in [0.717, 1.165) is 0 Å². The number of rotatable bonds is 5. The van der Waals surface area contributed by atoms with Gasteiger partial charge < -0.3 is 10.6 Å². The highest BCUT2D eigenvalue weighted by atomic mass is 19.1. The smallest absolute Gasteiger partial charge is 0.255 e. The first kappa shape index (κ1) is 18.2. The first-order valence-electron chi connectivity index (χ1n) is 8.71. The summed E-state index contributed by atoms with van der Waals surface area (Å²) in [6.45, 7) is 0. The molecule has 0 saturated heterocycles. The van der Waals surface area contributed by atoms with E-state index >= 15 is 0 Å². The lowest BCUT2D eigenvalue weighted by atomic mass is 10.1. The zero-order valence-corrected chi connectivity index (χ0v) is 15.1. The summed E-state index contributed by atoms with van der Waals surface area (Å²) in [5.74, 6) is 0.0162. The maximum Gasteiger partial charge on any atom is 0.255 e. The Balaban J connectivity index is 1.70. The van der Waals surface area contributed by atoms with Crippen LogP contribution in [0.25, 0.3) is 11.3 Å². The Hall–Kier alpha value is -4.20. The standard InChI is InChI=1S/C21H15FN6O/c22-18-10-15(6-7-24-18)17-11-16(26-21(29)14-4-2-1-3-5-14)12-19(27-17)28-20-13-23-8-9-25-20/h1-13H,(H2,25,26,27,28,29). The molecule has 142 valence electrons. The molecule has 0 atom stereocenters. The molecule has 0 aliphatic rings. The third kappa shape index (κ3) is 4.56. The lowest BCUT2D eigenvalue weighted by Crippen LogP contribution is -2.12. The van der Waals surface area contributed by atoms with Crippen LogP contribution in [0.5, 0.6) is 0 Å². The average molecular weight is 386 g/mol. The summed E-state index contributed by atoms with van der Waals surface area (Å²) >= 11 is 0. The average Bonchev–Trinajstić information content (AvgIpc) is 2.75. The van der Waals surface area contributed by atoms with E-state index in [4.69, 9.17) is 0 Å². The van der Waals surface area contributed by atoms with Crippen LogP contribution < -0.4 is 10.6 Å². The topological polar surface area (TPSA) is 92.7 Å². The Morgan fingerprint density at radius 3 is 2.52 bits per heavy atom. The lowest BCUT2D eigenvalue weighted by molar-refractivity contribution is 0.102. The summed E-state index contributed by atoms with van der Waals surface area (Å²) in [5, 5.41) is 5.88. The Kier molecular flexibility index (Phi) is 5.15. The van der Waals surface area contributed by atoms with Gasteiger partial charge in [0.1, 0.15) is 11.6 Å². The number of pyridine rings is 2. The van der Waals surface area contributed by atoms with Gasteiger partial charge in [-0.2, -0.15) is 4.39 Å². The fourth-order valence-electron chi connectivity index (χ4n) is 2.66. The quantitative estimate of drug-likeness (QED) is 0.502. The summed E-state index contributed by atoms with van der Waals surface area (Å²) in [4.78, 5) is 28.8. The van der Waals surface area contributed by atoms with Crippen LogP contribution in [-0.2, 0) is 0 Å². The van der Waals surface area contributed by atoms with Gasteiger partial charge in [-0.25, -0.2) is 15.0 Å². The number of carbonyl (C=O) groups excluding carboxylic acids is 1. The fourth-order valence-corrected chi connectivity index (χ4v) is 2.66. The van der Waals surface area contributed by atoms with Crippen LogP contribution in [0.3, 0.4) is 0 Å². The highest BCUT2D eigenvalue weighted by Gasteiger charge is 2.11. The lowest BCUT2D eigenvalue weighted by Gasteiger charge is -2.12. The number of aromatic nitrogens is 4.